The van der Waals surface area contributed by atoms with Gasteiger partial charge in [0.05, 0.1) is 0 Å². The van der Waals surface area contributed by atoms with Crippen molar-refractivity contribution < 1.29 is 36.1 Å². The third-order valence-electron chi connectivity index (χ3n) is 1.22. The Hall–Kier alpha value is -0.687. The van der Waals surface area contributed by atoms with Gasteiger partial charge >= 0.3 is 5.97 Å². The Morgan fingerprint density at radius 3 is 2.33 bits per heavy atom. The van der Waals surface area contributed by atoms with E-state index in [1.54, 1.807) is 6.08 Å². The van der Waals surface area contributed by atoms with Gasteiger partial charge in [0.25, 0.3) is 0 Å². The number of carboxylic acids is 1. The minimum atomic E-state index is -0.922. The van der Waals surface area contributed by atoms with Crippen molar-refractivity contribution in [1.29, 1.82) is 0 Å². The molecule has 12 heavy (non-hydrogen) atoms. The predicted octanol–water partition coefficient (Wildman–Crippen LogP) is 1.78. The Bertz CT molecular complexity index is 267. The van der Waals surface area contributed by atoms with Gasteiger partial charge in [0, 0.05) is 32.3 Å². The van der Waals surface area contributed by atoms with E-state index in [0.717, 1.165) is 11.6 Å². The zero-order valence-electron chi connectivity index (χ0n) is 6.40. The van der Waals surface area contributed by atoms with Crippen LogP contribution >= 0.6 is 0 Å². The van der Waals surface area contributed by atoms with Crippen molar-refractivity contribution in [2.45, 2.75) is 0 Å². The molecule has 0 saturated heterocycles. The summed E-state index contributed by atoms with van der Waals surface area (Å²) in [6.45, 7) is 0. The second-order valence-corrected chi connectivity index (χ2v) is 2.08. The van der Waals surface area contributed by atoms with E-state index in [2.05, 4.69) is 0 Å². The molecule has 0 heterocycles. The summed E-state index contributed by atoms with van der Waals surface area (Å²) < 4.78 is 0. The van der Waals surface area contributed by atoms with Crippen LogP contribution in [0.1, 0.15) is 5.56 Å². The van der Waals surface area contributed by atoms with Crippen molar-refractivity contribution in [1.82, 2.24) is 0 Å². The largest absolute Gasteiger partial charge is 0.478 e. The maximum absolute atomic E-state index is 10.1. The number of rotatable bonds is 2. The van der Waals surface area contributed by atoms with Crippen LogP contribution in [0.4, 0.5) is 0 Å². The van der Waals surface area contributed by atoms with Crippen molar-refractivity contribution in [3.63, 3.8) is 0 Å². The molecule has 0 aliphatic rings. The first kappa shape index (κ1) is 11.3. The number of carboxylic acid groups (broad SMARTS) is 1. The monoisotopic (exact) mass is 238 g/mol. The molecule has 60 valence electrons. The summed E-state index contributed by atoms with van der Waals surface area (Å²) in [5, 5.41) is 8.29. The summed E-state index contributed by atoms with van der Waals surface area (Å²) >= 11 is 0. The zero-order valence-corrected chi connectivity index (χ0v) is 8.85. The molecule has 0 aliphatic heterocycles. The maximum Gasteiger partial charge on any atom is 0.328 e. The molecule has 0 aliphatic carbocycles. The third kappa shape index (κ3) is 4.25. The van der Waals surface area contributed by atoms with Crippen molar-refractivity contribution in [2.75, 3.05) is 0 Å². The fourth-order valence-electron chi connectivity index (χ4n) is 0.732. The van der Waals surface area contributed by atoms with Crippen molar-refractivity contribution >= 4 is 12.0 Å². The number of benzene rings is 1. The first-order valence-corrected chi connectivity index (χ1v) is 3.25. The smallest absolute Gasteiger partial charge is 0.328 e. The van der Waals surface area contributed by atoms with Crippen LogP contribution in [-0.2, 0) is 31.0 Å². The van der Waals surface area contributed by atoms with Crippen LogP contribution in [0, 0.1) is 0 Å². The van der Waals surface area contributed by atoms with E-state index in [1.807, 2.05) is 30.3 Å². The predicted molar refractivity (Wildman–Crippen MR) is 43.1 cm³/mol. The van der Waals surface area contributed by atoms with Gasteiger partial charge in [-0.15, -0.1) is 0 Å². The van der Waals surface area contributed by atoms with Crippen molar-refractivity contribution in [3.8, 4) is 0 Å². The quantitative estimate of drug-likeness (QED) is 0.799. The van der Waals surface area contributed by atoms with Gasteiger partial charge in [-0.1, -0.05) is 30.3 Å². The summed E-state index contributed by atoms with van der Waals surface area (Å²) in [7, 11) is 0. The Morgan fingerprint density at radius 1 is 1.25 bits per heavy atom. The van der Waals surface area contributed by atoms with Gasteiger partial charge in [-0.05, 0) is 11.6 Å². The SMILES string of the molecule is O=C(O)C=Cc1ccccc1.[Zr]. The Labute approximate surface area is 90.0 Å². The minimum Gasteiger partial charge on any atom is -0.478 e. The molecule has 1 aromatic carbocycles. The molecule has 0 bridgehead atoms. The molecule has 0 spiro atoms. The van der Waals surface area contributed by atoms with Crippen LogP contribution in [0.5, 0.6) is 0 Å². The van der Waals surface area contributed by atoms with Crippen LogP contribution < -0.4 is 0 Å². The molecule has 3 heteroatoms. The summed E-state index contributed by atoms with van der Waals surface area (Å²) in [4.78, 5) is 10.1. The molecular weight excluding hydrogens is 231 g/mol. The Balaban J connectivity index is 0.00000121. The van der Waals surface area contributed by atoms with Crippen LogP contribution in [0.2, 0.25) is 0 Å². The van der Waals surface area contributed by atoms with Crippen molar-refractivity contribution in [2.24, 2.45) is 0 Å². The van der Waals surface area contributed by atoms with Crippen LogP contribution in [0.15, 0.2) is 36.4 Å². The van der Waals surface area contributed by atoms with Gasteiger partial charge < -0.3 is 5.11 Å². The van der Waals surface area contributed by atoms with Gasteiger partial charge in [-0.2, -0.15) is 0 Å². The van der Waals surface area contributed by atoms with Gasteiger partial charge in [0.2, 0.25) is 0 Å². The fourth-order valence-corrected chi connectivity index (χ4v) is 0.732. The number of carbonyl (C=O) groups is 1. The molecule has 1 rings (SSSR count). The average Bonchev–Trinajstić information content (AvgIpc) is 2.03. The number of hydrogen-bond donors (Lipinski definition) is 1. The number of aliphatic carboxylic acids is 1. The first-order chi connectivity index (χ1) is 5.29. The third-order valence-corrected chi connectivity index (χ3v) is 1.22. The van der Waals surface area contributed by atoms with E-state index in [-0.39, 0.29) is 26.2 Å². The summed E-state index contributed by atoms with van der Waals surface area (Å²) in [5.41, 5.74) is 0.898. The molecule has 1 aromatic rings. The van der Waals surface area contributed by atoms with Gasteiger partial charge in [-0.3, -0.25) is 0 Å². The van der Waals surface area contributed by atoms with Crippen LogP contribution in [0.3, 0.4) is 0 Å². The standard InChI is InChI=1S/C9H8O2.Zr/c10-9(11)7-6-8-4-2-1-3-5-8;/h1-7H,(H,10,11);. The Morgan fingerprint density at radius 2 is 1.83 bits per heavy atom. The van der Waals surface area contributed by atoms with E-state index in [4.69, 9.17) is 5.11 Å². The molecule has 1 N–H and O–H groups in total. The van der Waals surface area contributed by atoms with Crippen LogP contribution in [-0.4, -0.2) is 11.1 Å². The number of hydrogen-bond acceptors (Lipinski definition) is 1. The maximum atomic E-state index is 10.1. The topological polar surface area (TPSA) is 37.3 Å². The van der Waals surface area contributed by atoms with Gasteiger partial charge in [0.1, 0.15) is 0 Å². The second kappa shape index (κ2) is 5.90. The van der Waals surface area contributed by atoms with E-state index in [1.165, 1.54) is 0 Å². The first-order valence-electron chi connectivity index (χ1n) is 3.25. The molecule has 0 amide bonds. The van der Waals surface area contributed by atoms with E-state index < -0.39 is 5.97 Å². The average molecular weight is 239 g/mol. The van der Waals surface area contributed by atoms with Gasteiger partial charge in [-0.25, -0.2) is 4.79 Å². The fraction of sp³-hybridized carbons (Fsp3) is 0. The normalized spacial score (nSPS) is 9.33. The molecular formula is C9H8O2Zr. The van der Waals surface area contributed by atoms with E-state index >= 15 is 0 Å². The summed E-state index contributed by atoms with van der Waals surface area (Å²) in [6, 6.07) is 9.31. The molecule has 0 radical (unpaired) electrons. The molecule has 2 nitrogen and oxygen atoms in total. The molecule has 0 saturated carbocycles. The van der Waals surface area contributed by atoms with Crippen LogP contribution in [0.25, 0.3) is 6.08 Å². The van der Waals surface area contributed by atoms with E-state index in [9.17, 15) is 4.79 Å². The molecule has 0 fully saturated rings. The molecule has 0 unspecified atom stereocenters. The van der Waals surface area contributed by atoms with Gasteiger partial charge in [0.15, 0.2) is 0 Å². The second-order valence-electron chi connectivity index (χ2n) is 2.08. The molecule has 0 aromatic heterocycles. The zero-order chi connectivity index (χ0) is 8.10. The summed E-state index contributed by atoms with van der Waals surface area (Å²) in [5.74, 6) is -0.922. The van der Waals surface area contributed by atoms with E-state index in [0.29, 0.717) is 0 Å². The minimum absolute atomic E-state index is 0. The Kier molecular flexibility index (Phi) is 5.56. The molecule has 0 atom stereocenters. The van der Waals surface area contributed by atoms with Crippen molar-refractivity contribution in [3.05, 3.63) is 42.0 Å². The summed E-state index contributed by atoms with van der Waals surface area (Å²) in [6.07, 6.45) is 2.68.